The van der Waals surface area contributed by atoms with Crippen LogP contribution in [0.15, 0.2) is 35.5 Å². The zero-order valence-corrected chi connectivity index (χ0v) is 10.8. The molecule has 1 aromatic carbocycles. The van der Waals surface area contributed by atoms with Crippen molar-refractivity contribution in [2.45, 2.75) is 17.8 Å². The van der Waals surface area contributed by atoms with Crippen LogP contribution in [0.1, 0.15) is 17.2 Å². The van der Waals surface area contributed by atoms with E-state index in [1.54, 1.807) is 0 Å². The molecule has 0 saturated heterocycles. The Balaban J connectivity index is 2.69. The first kappa shape index (κ1) is 14.8. The van der Waals surface area contributed by atoms with Crippen LogP contribution in [-0.4, -0.2) is 39.7 Å². The third kappa shape index (κ3) is 4.95. The van der Waals surface area contributed by atoms with Crippen LogP contribution in [0.4, 0.5) is 0 Å². The number of nitrogens with zero attached hydrogens (tertiary/aromatic N) is 1. The summed E-state index contributed by atoms with van der Waals surface area (Å²) in [4.78, 5) is 0. The summed E-state index contributed by atoms with van der Waals surface area (Å²) in [5, 5.41) is 29.7. The van der Waals surface area contributed by atoms with Crippen LogP contribution in [0.2, 0.25) is 0 Å². The van der Waals surface area contributed by atoms with Crippen LogP contribution in [-0.2, 0) is 0 Å². The van der Waals surface area contributed by atoms with E-state index < -0.39 is 6.10 Å². The van der Waals surface area contributed by atoms with Crippen LogP contribution in [0.3, 0.4) is 0 Å². The van der Waals surface area contributed by atoms with Crippen LogP contribution in [0.5, 0.6) is 0 Å². The zero-order valence-electron chi connectivity index (χ0n) is 9.94. The van der Waals surface area contributed by atoms with Gasteiger partial charge in [0, 0.05) is 17.4 Å². The number of benzene rings is 1. The monoisotopic (exact) mass is 270 g/mol. The van der Waals surface area contributed by atoms with Crippen molar-refractivity contribution in [3.63, 3.8) is 0 Å². The molecule has 0 spiro atoms. The molecule has 0 aromatic heterocycles. The van der Waals surface area contributed by atoms with Gasteiger partial charge in [0.05, 0.1) is 12.7 Å². The molecule has 0 aliphatic heterocycles. The van der Waals surface area contributed by atoms with Crippen molar-refractivity contribution in [3.8, 4) is 0 Å². The van der Waals surface area contributed by atoms with E-state index in [9.17, 15) is 5.11 Å². The molecule has 0 aliphatic carbocycles. The molecule has 6 heteroatoms. The molecule has 18 heavy (non-hydrogen) atoms. The number of hydrogen-bond acceptors (Lipinski definition) is 5. The van der Waals surface area contributed by atoms with Crippen molar-refractivity contribution in [2.75, 3.05) is 12.4 Å². The molecule has 1 rings (SSSR count). The molecule has 0 aliphatic rings. The molecule has 0 fully saturated rings. The SMILES string of the molecule is NC(CC(SCC(O)CO)c1ccccc1)=NO. The molecule has 5 nitrogen and oxygen atoms in total. The Morgan fingerprint density at radius 1 is 1.33 bits per heavy atom. The number of aliphatic hydroxyl groups excluding tert-OH is 2. The molecule has 0 heterocycles. The van der Waals surface area contributed by atoms with E-state index in [1.807, 2.05) is 30.3 Å². The normalized spacial score (nSPS) is 15.3. The number of aliphatic hydroxyl groups is 2. The van der Waals surface area contributed by atoms with E-state index in [4.69, 9.17) is 16.0 Å². The number of hydrogen-bond donors (Lipinski definition) is 4. The third-order valence-electron chi connectivity index (χ3n) is 2.39. The van der Waals surface area contributed by atoms with Gasteiger partial charge in [0.1, 0.15) is 5.84 Å². The second-order valence-electron chi connectivity index (χ2n) is 3.86. The number of thioether (sulfide) groups is 1. The summed E-state index contributed by atoms with van der Waals surface area (Å²) in [5.41, 5.74) is 6.57. The Morgan fingerprint density at radius 3 is 2.56 bits per heavy atom. The molecule has 1 aromatic rings. The van der Waals surface area contributed by atoms with Gasteiger partial charge in [0.2, 0.25) is 0 Å². The van der Waals surface area contributed by atoms with E-state index >= 15 is 0 Å². The van der Waals surface area contributed by atoms with Crippen molar-refractivity contribution in [1.82, 2.24) is 0 Å². The van der Waals surface area contributed by atoms with Gasteiger partial charge in [-0.25, -0.2) is 0 Å². The van der Waals surface area contributed by atoms with Crippen LogP contribution >= 0.6 is 11.8 Å². The summed E-state index contributed by atoms with van der Waals surface area (Å²) in [6.07, 6.45) is -0.364. The zero-order chi connectivity index (χ0) is 13.4. The Kier molecular flexibility index (Phi) is 6.56. The highest BCUT2D eigenvalue weighted by Gasteiger charge is 2.16. The number of rotatable bonds is 7. The van der Waals surface area contributed by atoms with E-state index in [2.05, 4.69) is 5.16 Å². The van der Waals surface area contributed by atoms with Crippen LogP contribution in [0, 0.1) is 0 Å². The second kappa shape index (κ2) is 7.97. The lowest BCUT2D eigenvalue weighted by Crippen LogP contribution is -2.18. The first-order valence-corrected chi connectivity index (χ1v) is 6.64. The fraction of sp³-hybridized carbons (Fsp3) is 0.417. The highest BCUT2D eigenvalue weighted by Crippen LogP contribution is 2.32. The molecular formula is C12H18N2O3S. The van der Waals surface area contributed by atoms with Crippen molar-refractivity contribution in [2.24, 2.45) is 10.9 Å². The number of amidine groups is 1. The largest absolute Gasteiger partial charge is 0.409 e. The molecule has 100 valence electrons. The predicted octanol–water partition coefficient (Wildman–Crippen LogP) is 0.951. The van der Waals surface area contributed by atoms with Crippen LogP contribution < -0.4 is 5.73 Å². The van der Waals surface area contributed by atoms with Gasteiger partial charge in [-0.05, 0) is 5.56 Å². The van der Waals surface area contributed by atoms with Gasteiger partial charge in [-0.2, -0.15) is 11.8 Å². The third-order valence-corrected chi connectivity index (χ3v) is 3.81. The Labute approximate surface area is 110 Å². The Morgan fingerprint density at radius 2 is 2.00 bits per heavy atom. The standard InChI is InChI=1S/C12H18N2O3S/c13-12(14-17)6-11(18-8-10(16)7-15)9-4-2-1-3-5-9/h1-5,10-11,15-17H,6-8H2,(H2,13,14). The minimum atomic E-state index is -0.756. The lowest BCUT2D eigenvalue weighted by atomic mass is 10.1. The fourth-order valence-electron chi connectivity index (χ4n) is 1.45. The van der Waals surface area contributed by atoms with E-state index in [0.717, 1.165) is 5.56 Å². The highest BCUT2D eigenvalue weighted by atomic mass is 32.2. The maximum Gasteiger partial charge on any atom is 0.140 e. The van der Waals surface area contributed by atoms with Crippen LogP contribution in [0.25, 0.3) is 0 Å². The van der Waals surface area contributed by atoms with Gasteiger partial charge in [-0.15, -0.1) is 0 Å². The lowest BCUT2D eigenvalue weighted by molar-refractivity contribution is 0.113. The van der Waals surface area contributed by atoms with Gasteiger partial charge >= 0.3 is 0 Å². The number of nitrogens with two attached hydrogens (primary N) is 1. The van der Waals surface area contributed by atoms with E-state index in [1.165, 1.54) is 11.8 Å². The quantitative estimate of drug-likeness (QED) is 0.256. The average molecular weight is 270 g/mol. The Bertz CT molecular complexity index is 373. The second-order valence-corrected chi connectivity index (χ2v) is 5.10. The lowest BCUT2D eigenvalue weighted by Gasteiger charge is -2.17. The molecule has 0 bridgehead atoms. The summed E-state index contributed by atoms with van der Waals surface area (Å²) in [6.45, 7) is -0.266. The maximum absolute atomic E-state index is 9.36. The Hall–Kier alpha value is -1.24. The minimum Gasteiger partial charge on any atom is -0.409 e. The molecule has 2 unspecified atom stereocenters. The maximum atomic E-state index is 9.36. The minimum absolute atomic E-state index is 0.0108. The summed E-state index contributed by atoms with van der Waals surface area (Å²) >= 11 is 1.47. The predicted molar refractivity (Wildman–Crippen MR) is 72.8 cm³/mol. The molecule has 0 amide bonds. The molecule has 0 radical (unpaired) electrons. The van der Waals surface area contributed by atoms with Gasteiger partial charge in [0.25, 0.3) is 0 Å². The van der Waals surface area contributed by atoms with E-state index in [0.29, 0.717) is 12.2 Å². The summed E-state index contributed by atoms with van der Waals surface area (Å²) < 4.78 is 0. The first-order valence-electron chi connectivity index (χ1n) is 5.59. The first-order chi connectivity index (χ1) is 8.67. The van der Waals surface area contributed by atoms with Gasteiger partial charge in [-0.3, -0.25) is 0 Å². The van der Waals surface area contributed by atoms with Gasteiger partial charge in [0.15, 0.2) is 0 Å². The van der Waals surface area contributed by atoms with Crippen molar-refractivity contribution >= 4 is 17.6 Å². The van der Waals surface area contributed by atoms with Gasteiger partial charge < -0.3 is 21.2 Å². The average Bonchev–Trinajstić information content (AvgIpc) is 2.43. The summed E-state index contributed by atoms with van der Waals surface area (Å²) in [6, 6.07) is 9.65. The van der Waals surface area contributed by atoms with E-state index in [-0.39, 0.29) is 17.7 Å². The number of oxime groups is 1. The van der Waals surface area contributed by atoms with Gasteiger partial charge in [-0.1, -0.05) is 35.5 Å². The topological polar surface area (TPSA) is 99.1 Å². The smallest absolute Gasteiger partial charge is 0.140 e. The molecule has 2 atom stereocenters. The molecular weight excluding hydrogens is 252 g/mol. The van der Waals surface area contributed by atoms with Crippen molar-refractivity contribution < 1.29 is 15.4 Å². The molecule has 0 saturated carbocycles. The van der Waals surface area contributed by atoms with Crippen molar-refractivity contribution in [3.05, 3.63) is 35.9 Å². The van der Waals surface area contributed by atoms with Crippen molar-refractivity contribution in [1.29, 1.82) is 0 Å². The highest BCUT2D eigenvalue weighted by molar-refractivity contribution is 7.99. The fourth-order valence-corrected chi connectivity index (χ4v) is 2.65. The summed E-state index contributed by atoms with van der Waals surface area (Å²) in [5.74, 6) is 0.546. The summed E-state index contributed by atoms with van der Waals surface area (Å²) in [7, 11) is 0. The molecule has 5 N–H and O–H groups in total.